The largest absolute Gasteiger partial charge is 0.494 e. The number of carbonyl (C=O) groups is 2. The van der Waals surface area contributed by atoms with Crippen molar-refractivity contribution in [2.75, 3.05) is 19.8 Å². The Morgan fingerprint density at radius 2 is 1.65 bits per heavy atom. The molecule has 6 heteroatoms. The maximum absolute atomic E-state index is 11.6. The van der Waals surface area contributed by atoms with Gasteiger partial charge in [0, 0.05) is 6.04 Å². The SMILES string of the molecule is CCOc1ccc(OCC(=O)OCC(=O)NC2CCCC2)cc1. The summed E-state index contributed by atoms with van der Waals surface area (Å²) in [5.41, 5.74) is 0. The van der Waals surface area contributed by atoms with Gasteiger partial charge in [0.05, 0.1) is 6.61 Å². The smallest absolute Gasteiger partial charge is 0.344 e. The Labute approximate surface area is 136 Å². The number of hydrogen-bond acceptors (Lipinski definition) is 5. The van der Waals surface area contributed by atoms with Gasteiger partial charge in [-0.2, -0.15) is 0 Å². The second-order valence-electron chi connectivity index (χ2n) is 5.40. The van der Waals surface area contributed by atoms with Gasteiger partial charge in [-0.15, -0.1) is 0 Å². The van der Waals surface area contributed by atoms with E-state index in [0.29, 0.717) is 12.4 Å². The van der Waals surface area contributed by atoms with Crippen LogP contribution in [0.1, 0.15) is 32.6 Å². The number of hydrogen-bond donors (Lipinski definition) is 1. The third kappa shape index (κ3) is 6.18. The molecule has 2 rings (SSSR count). The molecule has 6 nitrogen and oxygen atoms in total. The zero-order chi connectivity index (χ0) is 16.5. The van der Waals surface area contributed by atoms with Crippen LogP contribution in [0.25, 0.3) is 0 Å². The molecule has 0 aliphatic heterocycles. The van der Waals surface area contributed by atoms with Gasteiger partial charge in [-0.05, 0) is 44.0 Å². The van der Waals surface area contributed by atoms with Crippen molar-refractivity contribution in [2.24, 2.45) is 0 Å². The van der Waals surface area contributed by atoms with Crippen LogP contribution >= 0.6 is 0 Å². The average Bonchev–Trinajstić information content (AvgIpc) is 3.05. The van der Waals surface area contributed by atoms with Gasteiger partial charge in [0.25, 0.3) is 5.91 Å². The summed E-state index contributed by atoms with van der Waals surface area (Å²) in [5.74, 6) is 0.457. The molecule has 23 heavy (non-hydrogen) atoms. The molecule has 0 spiro atoms. The van der Waals surface area contributed by atoms with Crippen molar-refractivity contribution in [3.63, 3.8) is 0 Å². The third-order valence-electron chi connectivity index (χ3n) is 3.58. The topological polar surface area (TPSA) is 73.9 Å². The Morgan fingerprint density at radius 1 is 1.04 bits per heavy atom. The molecule has 1 aliphatic rings. The fourth-order valence-electron chi connectivity index (χ4n) is 2.47. The van der Waals surface area contributed by atoms with Gasteiger partial charge in [0.2, 0.25) is 0 Å². The van der Waals surface area contributed by atoms with Gasteiger partial charge in [-0.3, -0.25) is 4.79 Å². The van der Waals surface area contributed by atoms with Crippen molar-refractivity contribution in [3.05, 3.63) is 24.3 Å². The number of carbonyl (C=O) groups excluding carboxylic acids is 2. The molecule has 0 radical (unpaired) electrons. The highest BCUT2D eigenvalue weighted by molar-refractivity contribution is 5.81. The highest BCUT2D eigenvalue weighted by Gasteiger charge is 2.17. The molecule has 1 N–H and O–H groups in total. The summed E-state index contributed by atoms with van der Waals surface area (Å²) in [5, 5.41) is 2.86. The Bertz CT molecular complexity index is 508. The quantitative estimate of drug-likeness (QED) is 0.742. The van der Waals surface area contributed by atoms with Crippen molar-refractivity contribution in [2.45, 2.75) is 38.6 Å². The zero-order valence-electron chi connectivity index (χ0n) is 13.4. The van der Waals surface area contributed by atoms with Crippen LogP contribution in [0.15, 0.2) is 24.3 Å². The number of nitrogens with one attached hydrogen (secondary N) is 1. The lowest BCUT2D eigenvalue weighted by Gasteiger charge is -2.12. The predicted octanol–water partition coefficient (Wildman–Crippen LogP) is 2.07. The van der Waals surface area contributed by atoms with Gasteiger partial charge in [0.1, 0.15) is 11.5 Å². The fourth-order valence-corrected chi connectivity index (χ4v) is 2.47. The van der Waals surface area contributed by atoms with Gasteiger partial charge < -0.3 is 19.5 Å². The number of amides is 1. The zero-order valence-corrected chi connectivity index (χ0v) is 13.4. The van der Waals surface area contributed by atoms with Gasteiger partial charge in [-0.25, -0.2) is 4.79 Å². The summed E-state index contributed by atoms with van der Waals surface area (Å²) in [4.78, 5) is 23.2. The van der Waals surface area contributed by atoms with Gasteiger partial charge in [-0.1, -0.05) is 12.8 Å². The van der Waals surface area contributed by atoms with Crippen LogP contribution < -0.4 is 14.8 Å². The second-order valence-corrected chi connectivity index (χ2v) is 5.40. The molecule has 0 aromatic heterocycles. The first-order chi connectivity index (χ1) is 11.2. The van der Waals surface area contributed by atoms with E-state index in [9.17, 15) is 9.59 Å². The second kappa shape index (κ2) is 9.02. The van der Waals surface area contributed by atoms with E-state index in [2.05, 4.69) is 5.32 Å². The minimum atomic E-state index is -0.569. The summed E-state index contributed by atoms with van der Waals surface area (Å²) in [6.45, 7) is 2.01. The van der Waals surface area contributed by atoms with Crippen LogP contribution in [-0.4, -0.2) is 37.7 Å². The Hall–Kier alpha value is -2.24. The minimum absolute atomic E-state index is 0.223. The monoisotopic (exact) mass is 321 g/mol. The molecule has 1 amide bonds. The standard InChI is InChI=1S/C17H23NO5/c1-2-21-14-7-9-15(10-8-14)22-12-17(20)23-11-16(19)18-13-5-3-4-6-13/h7-10,13H,2-6,11-12H2,1H3,(H,18,19). The molecular weight excluding hydrogens is 298 g/mol. The van der Waals surface area contributed by atoms with Crippen molar-refractivity contribution >= 4 is 11.9 Å². The van der Waals surface area contributed by atoms with Crippen molar-refractivity contribution in [1.82, 2.24) is 5.32 Å². The maximum atomic E-state index is 11.6. The molecule has 0 unspecified atom stereocenters. The predicted molar refractivity (Wildman–Crippen MR) is 84.5 cm³/mol. The molecule has 0 saturated heterocycles. The normalized spacial score (nSPS) is 14.3. The van der Waals surface area contributed by atoms with Crippen molar-refractivity contribution in [3.8, 4) is 11.5 Å². The van der Waals surface area contributed by atoms with Crippen LogP contribution in [0.2, 0.25) is 0 Å². The van der Waals surface area contributed by atoms with E-state index in [1.165, 1.54) is 0 Å². The molecular formula is C17H23NO5. The minimum Gasteiger partial charge on any atom is -0.494 e. The van der Waals surface area contributed by atoms with Crippen LogP contribution in [-0.2, 0) is 14.3 Å². The summed E-state index contributed by atoms with van der Waals surface area (Å²) in [6, 6.07) is 7.18. The van der Waals surface area contributed by atoms with E-state index >= 15 is 0 Å². The summed E-state index contributed by atoms with van der Waals surface area (Å²) >= 11 is 0. The third-order valence-corrected chi connectivity index (χ3v) is 3.58. The number of rotatable bonds is 8. The highest BCUT2D eigenvalue weighted by Crippen LogP contribution is 2.18. The molecule has 126 valence electrons. The molecule has 1 fully saturated rings. The lowest BCUT2D eigenvalue weighted by Crippen LogP contribution is -2.36. The van der Waals surface area contributed by atoms with E-state index in [4.69, 9.17) is 14.2 Å². The van der Waals surface area contributed by atoms with Crippen LogP contribution in [0.5, 0.6) is 11.5 Å². The molecule has 1 aliphatic carbocycles. The lowest BCUT2D eigenvalue weighted by atomic mass is 10.2. The van der Waals surface area contributed by atoms with E-state index in [1.54, 1.807) is 24.3 Å². The van der Waals surface area contributed by atoms with Gasteiger partial charge in [0.15, 0.2) is 13.2 Å². The van der Waals surface area contributed by atoms with E-state index < -0.39 is 5.97 Å². The van der Waals surface area contributed by atoms with Crippen LogP contribution in [0.4, 0.5) is 0 Å². The van der Waals surface area contributed by atoms with Crippen molar-refractivity contribution < 1.29 is 23.8 Å². The molecule has 1 aromatic rings. The highest BCUT2D eigenvalue weighted by atomic mass is 16.6. The van der Waals surface area contributed by atoms with Crippen LogP contribution in [0, 0.1) is 0 Å². The Kier molecular flexibility index (Phi) is 6.72. The first-order valence-corrected chi connectivity index (χ1v) is 7.98. The number of benzene rings is 1. The number of esters is 1. The Morgan fingerprint density at radius 3 is 2.26 bits per heavy atom. The van der Waals surface area contributed by atoms with E-state index in [-0.39, 0.29) is 25.2 Å². The maximum Gasteiger partial charge on any atom is 0.344 e. The lowest BCUT2D eigenvalue weighted by molar-refractivity contribution is -0.150. The molecule has 0 atom stereocenters. The van der Waals surface area contributed by atoms with Crippen LogP contribution in [0.3, 0.4) is 0 Å². The summed E-state index contributed by atoms with van der Waals surface area (Å²) in [6.07, 6.45) is 4.28. The molecule has 0 bridgehead atoms. The summed E-state index contributed by atoms with van der Waals surface area (Å²) < 4.78 is 15.5. The fraction of sp³-hybridized carbons (Fsp3) is 0.529. The molecule has 0 heterocycles. The first kappa shape index (κ1) is 17.1. The number of ether oxygens (including phenoxy) is 3. The molecule has 1 aromatic carbocycles. The van der Waals surface area contributed by atoms with E-state index in [1.807, 2.05) is 6.92 Å². The average molecular weight is 321 g/mol. The summed E-state index contributed by atoms with van der Waals surface area (Å²) in [7, 11) is 0. The molecule has 1 saturated carbocycles. The van der Waals surface area contributed by atoms with Crippen molar-refractivity contribution in [1.29, 1.82) is 0 Å². The van der Waals surface area contributed by atoms with Gasteiger partial charge >= 0.3 is 5.97 Å². The first-order valence-electron chi connectivity index (χ1n) is 7.98. The Balaban J connectivity index is 1.63. The van der Waals surface area contributed by atoms with E-state index in [0.717, 1.165) is 31.4 Å².